The first-order valence-corrected chi connectivity index (χ1v) is 9.10. The number of amides is 1. The topological polar surface area (TPSA) is 86.5 Å². The molecule has 0 radical (unpaired) electrons. The molecule has 1 amide bonds. The van der Waals surface area contributed by atoms with Crippen molar-refractivity contribution in [3.05, 3.63) is 45.5 Å². The Kier molecular flexibility index (Phi) is 3.96. The Labute approximate surface area is 154 Å². The number of nitrogens with two attached hydrogens (primary N) is 1. The number of rotatable bonds is 3. The molecule has 1 aliphatic heterocycles. The summed E-state index contributed by atoms with van der Waals surface area (Å²) in [7, 11) is 0. The average molecular weight is 369 g/mol. The maximum Gasteiger partial charge on any atom is 0.263 e. The van der Waals surface area contributed by atoms with E-state index in [9.17, 15) is 4.79 Å². The van der Waals surface area contributed by atoms with Gasteiger partial charge in [0.25, 0.3) is 5.91 Å². The van der Waals surface area contributed by atoms with E-state index in [1.54, 1.807) is 0 Å². The highest BCUT2D eigenvalue weighted by molar-refractivity contribution is 7.21. The summed E-state index contributed by atoms with van der Waals surface area (Å²) in [6, 6.07) is 5.62. The molecule has 0 fully saturated rings. The second kappa shape index (κ2) is 6.17. The predicted octanol–water partition coefficient (Wildman–Crippen LogP) is 3.46. The molecule has 2 aromatic heterocycles. The van der Waals surface area contributed by atoms with Crippen molar-refractivity contribution in [1.82, 2.24) is 10.3 Å². The van der Waals surface area contributed by atoms with Crippen LogP contribution in [0.2, 0.25) is 0 Å². The summed E-state index contributed by atoms with van der Waals surface area (Å²) < 4.78 is 10.7. The van der Waals surface area contributed by atoms with Gasteiger partial charge in [-0.2, -0.15) is 0 Å². The monoisotopic (exact) mass is 369 g/mol. The smallest absolute Gasteiger partial charge is 0.263 e. The molecule has 0 saturated carbocycles. The molecule has 0 unspecified atom stereocenters. The third-order valence-corrected chi connectivity index (χ3v) is 5.87. The summed E-state index contributed by atoms with van der Waals surface area (Å²) in [4.78, 5) is 18.5. The van der Waals surface area contributed by atoms with Gasteiger partial charge in [-0.15, -0.1) is 11.3 Å². The van der Waals surface area contributed by atoms with Gasteiger partial charge in [0.15, 0.2) is 11.5 Å². The van der Waals surface area contributed by atoms with E-state index in [2.05, 4.69) is 10.3 Å². The number of benzene rings is 1. The van der Waals surface area contributed by atoms with E-state index in [-0.39, 0.29) is 12.7 Å². The van der Waals surface area contributed by atoms with Crippen LogP contribution in [0.1, 0.15) is 32.1 Å². The first-order valence-electron chi connectivity index (χ1n) is 8.28. The van der Waals surface area contributed by atoms with Crippen LogP contribution in [0, 0.1) is 20.8 Å². The van der Waals surface area contributed by atoms with Gasteiger partial charge in [-0.3, -0.25) is 4.79 Å². The Morgan fingerprint density at radius 1 is 1.23 bits per heavy atom. The van der Waals surface area contributed by atoms with Gasteiger partial charge in [0, 0.05) is 17.6 Å². The molecule has 0 atom stereocenters. The Morgan fingerprint density at radius 3 is 2.81 bits per heavy atom. The standard InChI is InChI=1S/C19H19N3O3S/c1-9-10(2)15-16(20)17(26-19(15)22-11(9)3)18(23)21-7-12-4-5-13-14(6-12)25-8-24-13/h4-6H,7-8,20H2,1-3H3,(H,21,23). The number of ether oxygens (including phenoxy) is 2. The lowest BCUT2D eigenvalue weighted by Crippen LogP contribution is -2.22. The molecular formula is C19H19N3O3S. The molecular weight excluding hydrogens is 350 g/mol. The van der Waals surface area contributed by atoms with Gasteiger partial charge >= 0.3 is 0 Å². The number of hydrogen-bond acceptors (Lipinski definition) is 6. The van der Waals surface area contributed by atoms with Crippen molar-refractivity contribution in [2.24, 2.45) is 0 Å². The number of nitrogens with one attached hydrogen (secondary N) is 1. The molecule has 7 heteroatoms. The maximum absolute atomic E-state index is 12.7. The van der Waals surface area contributed by atoms with Crippen molar-refractivity contribution in [1.29, 1.82) is 0 Å². The normalized spacial score (nSPS) is 12.6. The van der Waals surface area contributed by atoms with Crippen LogP contribution in [0.5, 0.6) is 11.5 Å². The Hall–Kier alpha value is -2.80. The highest BCUT2D eigenvalue weighted by Crippen LogP contribution is 2.36. The molecule has 1 aliphatic rings. The van der Waals surface area contributed by atoms with Gasteiger partial charge in [-0.25, -0.2) is 4.98 Å². The van der Waals surface area contributed by atoms with Crippen molar-refractivity contribution in [3.63, 3.8) is 0 Å². The molecule has 3 N–H and O–H groups in total. The molecule has 26 heavy (non-hydrogen) atoms. The van der Waals surface area contributed by atoms with Crippen LogP contribution in [0.15, 0.2) is 18.2 Å². The number of carbonyl (C=O) groups excluding carboxylic acids is 1. The lowest BCUT2D eigenvalue weighted by molar-refractivity contribution is 0.0955. The SMILES string of the molecule is Cc1nc2sc(C(=O)NCc3ccc4c(c3)OCO4)c(N)c2c(C)c1C. The van der Waals surface area contributed by atoms with Crippen molar-refractivity contribution < 1.29 is 14.3 Å². The van der Waals surface area contributed by atoms with Crippen molar-refractivity contribution >= 4 is 33.1 Å². The molecule has 3 aromatic rings. The first-order chi connectivity index (χ1) is 12.5. The Bertz CT molecular complexity index is 1040. The predicted molar refractivity (Wildman–Crippen MR) is 102 cm³/mol. The summed E-state index contributed by atoms with van der Waals surface area (Å²) in [5.41, 5.74) is 10.9. The van der Waals surface area contributed by atoms with Gasteiger partial charge in [0.2, 0.25) is 6.79 Å². The lowest BCUT2D eigenvalue weighted by atomic mass is 10.1. The highest BCUT2D eigenvalue weighted by atomic mass is 32.1. The minimum absolute atomic E-state index is 0.196. The molecule has 0 saturated heterocycles. The molecule has 4 rings (SSSR count). The summed E-state index contributed by atoms with van der Waals surface area (Å²) in [6.45, 7) is 6.62. The number of nitrogens with zero attached hydrogens (tertiary/aromatic N) is 1. The number of fused-ring (bicyclic) bond motifs is 2. The van der Waals surface area contributed by atoms with Crippen LogP contribution in [-0.2, 0) is 6.54 Å². The van der Waals surface area contributed by atoms with E-state index in [1.165, 1.54) is 11.3 Å². The van der Waals surface area contributed by atoms with Crippen molar-refractivity contribution in [2.45, 2.75) is 27.3 Å². The third kappa shape index (κ3) is 2.64. The number of hydrogen-bond donors (Lipinski definition) is 2. The third-order valence-electron chi connectivity index (χ3n) is 4.77. The minimum atomic E-state index is -0.196. The fourth-order valence-corrected chi connectivity index (χ4v) is 4.17. The number of anilines is 1. The van der Waals surface area contributed by atoms with E-state index < -0.39 is 0 Å². The van der Waals surface area contributed by atoms with E-state index in [0.29, 0.717) is 22.9 Å². The molecule has 0 bridgehead atoms. The number of pyridine rings is 1. The van der Waals surface area contributed by atoms with Gasteiger partial charge in [0.1, 0.15) is 9.71 Å². The zero-order valence-corrected chi connectivity index (χ0v) is 15.6. The second-order valence-electron chi connectivity index (χ2n) is 6.34. The summed E-state index contributed by atoms with van der Waals surface area (Å²) in [6.07, 6.45) is 0. The van der Waals surface area contributed by atoms with E-state index >= 15 is 0 Å². The number of thiophene rings is 1. The molecule has 0 aliphatic carbocycles. The number of carbonyl (C=O) groups is 1. The highest BCUT2D eigenvalue weighted by Gasteiger charge is 2.20. The maximum atomic E-state index is 12.7. The Balaban J connectivity index is 1.58. The molecule has 3 heterocycles. The van der Waals surface area contributed by atoms with Crippen molar-refractivity contribution in [2.75, 3.05) is 12.5 Å². The van der Waals surface area contributed by atoms with Gasteiger partial charge in [-0.05, 0) is 49.6 Å². The lowest BCUT2D eigenvalue weighted by Gasteiger charge is -2.07. The van der Waals surface area contributed by atoms with Crippen LogP contribution in [0.3, 0.4) is 0 Å². The quantitative estimate of drug-likeness (QED) is 0.738. The molecule has 0 spiro atoms. The van der Waals surface area contributed by atoms with E-state index in [1.807, 2.05) is 39.0 Å². The average Bonchev–Trinajstić information content (AvgIpc) is 3.21. The van der Waals surface area contributed by atoms with Crippen LogP contribution in [0.25, 0.3) is 10.2 Å². The second-order valence-corrected chi connectivity index (χ2v) is 7.34. The van der Waals surface area contributed by atoms with Gasteiger partial charge in [0.05, 0.1) is 5.69 Å². The van der Waals surface area contributed by atoms with E-state index in [0.717, 1.165) is 38.4 Å². The molecule has 6 nitrogen and oxygen atoms in total. The summed E-state index contributed by atoms with van der Waals surface area (Å²) in [5.74, 6) is 1.22. The Morgan fingerprint density at radius 2 is 2.00 bits per heavy atom. The minimum Gasteiger partial charge on any atom is -0.454 e. The summed E-state index contributed by atoms with van der Waals surface area (Å²) in [5, 5.41) is 3.81. The zero-order valence-electron chi connectivity index (χ0n) is 14.8. The molecule has 1 aromatic carbocycles. The van der Waals surface area contributed by atoms with Crippen LogP contribution < -0.4 is 20.5 Å². The largest absolute Gasteiger partial charge is 0.454 e. The van der Waals surface area contributed by atoms with Crippen LogP contribution >= 0.6 is 11.3 Å². The fraction of sp³-hybridized carbons (Fsp3) is 0.263. The number of aromatic nitrogens is 1. The summed E-state index contributed by atoms with van der Waals surface area (Å²) >= 11 is 1.33. The fourth-order valence-electron chi connectivity index (χ4n) is 3.05. The van der Waals surface area contributed by atoms with Gasteiger partial charge in [-0.1, -0.05) is 6.07 Å². The van der Waals surface area contributed by atoms with Crippen LogP contribution in [-0.4, -0.2) is 17.7 Å². The zero-order chi connectivity index (χ0) is 18.4. The number of aryl methyl sites for hydroxylation is 2. The van der Waals surface area contributed by atoms with Gasteiger partial charge < -0.3 is 20.5 Å². The first kappa shape index (κ1) is 16.7. The van der Waals surface area contributed by atoms with Crippen LogP contribution in [0.4, 0.5) is 5.69 Å². The van der Waals surface area contributed by atoms with E-state index in [4.69, 9.17) is 15.2 Å². The molecule has 134 valence electrons. The van der Waals surface area contributed by atoms with Crippen molar-refractivity contribution in [3.8, 4) is 11.5 Å². The number of nitrogen functional groups attached to an aromatic ring is 1.